The summed E-state index contributed by atoms with van der Waals surface area (Å²) in [7, 11) is 5.61. The summed E-state index contributed by atoms with van der Waals surface area (Å²) in [6.45, 7) is 1.72. The zero-order valence-electron chi connectivity index (χ0n) is 20.2. The Kier molecular flexibility index (Phi) is 7.99. The van der Waals surface area contributed by atoms with Crippen molar-refractivity contribution in [2.24, 2.45) is 4.99 Å². The molecule has 0 saturated heterocycles. The van der Waals surface area contributed by atoms with Crippen LogP contribution >= 0.6 is 0 Å². The number of benzene rings is 1. The predicted octanol–water partition coefficient (Wildman–Crippen LogP) is 4.15. The van der Waals surface area contributed by atoms with E-state index in [0.717, 1.165) is 76.0 Å². The number of ether oxygens (including phenoxy) is 2. The van der Waals surface area contributed by atoms with Crippen molar-refractivity contribution in [1.29, 1.82) is 0 Å². The van der Waals surface area contributed by atoms with Gasteiger partial charge < -0.3 is 19.7 Å². The van der Waals surface area contributed by atoms with Crippen molar-refractivity contribution in [3.8, 4) is 5.75 Å². The van der Waals surface area contributed by atoms with Crippen LogP contribution in [0.2, 0.25) is 0 Å². The molecule has 0 bridgehead atoms. The number of carbonyl (C=O) groups is 1. The number of amides is 1. The molecule has 6 heteroatoms. The van der Waals surface area contributed by atoms with Gasteiger partial charge in [-0.3, -0.25) is 4.79 Å². The van der Waals surface area contributed by atoms with Gasteiger partial charge in [-0.25, -0.2) is 4.99 Å². The van der Waals surface area contributed by atoms with Crippen molar-refractivity contribution in [3.63, 3.8) is 0 Å². The van der Waals surface area contributed by atoms with E-state index in [-0.39, 0.29) is 11.9 Å². The molecule has 1 heterocycles. The van der Waals surface area contributed by atoms with Gasteiger partial charge in [0, 0.05) is 31.4 Å². The Labute approximate surface area is 197 Å². The highest BCUT2D eigenvalue weighted by Crippen LogP contribution is 2.30. The number of aliphatic imine (C=N–C) groups is 1. The van der Waals surface area contributed by atoms with E-state index in [1.807, 2.05) is 12.1 Å². The average Bonchev–Trinajstić information content (AvgIpc) is 2.87. The van der Waals surface area contributed by atoms with E-state index in [1.54, 1.807) is 14.2 Å². The highest BCUT2D eigenvalue weighted by atomic mass is 16.5. The van der Waals surface area contributed by atoms with Crippen molar-refractivity contribution in [3.05, 3.63) is 46.7 Å². The molecule has 1 amide bonds. The Balaban J connectivity index is 1.35. The van der Waals surface area contributed by atoms with E-state index in [2.05, 4.69) is 35.5 Å². The van der Waals surface area contributed by atoms with Crippen LogP contribution in [0.3, 0.4) is 0 Å². The first-order valence-corrected chi connectivity index (χ1v) is 12.2. The zero-order chi connectivity index (χ0) is 23.2. The summed E-state index contributed by atoms with van der Waals surface area (Å²) in [5, 5.41) is 3.25. The SMILES string of the molecule is COCCN(C)C1CCC(NC(=O)C2=CCCC(C3=Cc4cc(OC)ccc4CC3)=N2)CC1. The lowest BCUT2D eigenvalue weighted by molar-refractivity contribution is -0.118. The van der Waals surface area contributed by atoms with Gasteiger partial charge in [-0.05, 0) is 93.3 Å². The van der Waals surface area contributed by atoms with E-state index >= 15 is 0 Å². The molecule has 178 valence electrons. The summed E-state index contributed by atoms with van der Waals surface area (Å²) in [5.74, 6) is 0.846. The van der Waals surface area contributed by atoms with Crippen LogP contribution in [-0.4, -0.2) is 63.0 Å². The number of aryl methyl sites for hydroxylation is 1. The fourth-order valence-corrected chi connectivity index (χ4v) is 5.13. The molecule has 1 aliphatic heterocycles. The molecular formula is C27H37N3O3. The molecule has 4 rings (SSSR count). The highest BCUT2D eigenvalue weighted by molar-refractivity contribution is 6.08. The molecule has 6 nitrogen and oxygen atoms in total. The van der Waals surface area contributed by atoms with E-state index in [4.69, 9.17) is 14.5 Å². The second kappa shape index (κ2) is 11.1. The molecule has 0 spiro atoms. The number of allylic oxidation sites excluding steroid dienone is 2. The summed E-state index contributed by atoms with van der Waals surface area (Å²) in [5.41, 5.74) is 5.42. The molecule has 3 aliphatic rings. The third kappa shape index (κ3) is 5.92. The summed E-state index contributed by atoms with van der Waals surface area (Å²) < 4.78 is 10.6. The topological polar surface area (TPSA) is 63.2 Å². The maximum atomic E-state index is 13.0. The fraction of sp³-hybridized carbons (Fsp3) is 0.556. The summed E-state index contributed by atoms with van der Waals surface area (Å²) in [6.07, 6.45) is 12.2. The highest BCUT2D eigenvalue weighted by Gasteiger charge is 2.26. The lowest BCUT2D eigenvalue weighted by atomic mass is 9.88. The Morgan fingerprint density at radius 2 is 1.97 bits per heavy atom. The van der Waals surface area contributed by atoms with Gasteiger partial charge in [-0.2, -0.15) is 0 Å². The quantitative estimate of drug-likeness (QED) is 0.645. The van der Waals surface area contributed by atoms with Crippen LogP contribution in [0.1, 0.15) is 56.1 Å². The standard InChI is InChI=1S/C27H37N3O3/c1-30(15-16-32-2)23-12-10-22(11-13-23)28-27(31)26-6-4-5-25(29-26)20-8-7-19-9-14-24(33-3)18-21(19)17-20/h6,9,14,17-18,22-23H,4-5,7-8,10-13,15-16H2,1-3H3,(H,28,31). The third-order valence-electron chi connectivity index (χ3n) is 7.23. The first-order valence-electron chi connectivity index (χ1n) is 12.2. The minimum atomic E-state index is -0.0260. The van der Waals surface area contributed by atoms with Gasteiger partial charge >= 0.3 is 0 Å². The number of rotatable bonds is 8. The molecule has 1 N–H and O–H groups in total. The van der Waals surface area contributed by atoms with Gasteiger partial charge in [0.05, 0.1) is 13.7 Å². The van der Waals surface area contributed by atoms with E-state index < -0.39 is 0 Å². The maximum absolute atomic E-state index is 13.0. The molecule has 2 aliphatic carbocycles. The minimum absolute atomic E-state index is 0.0260. The number of nitrogens with zero attached hydrogens (tertiary/aromatic N) is 2. The second-order valence-electron chi connectivity index (χ2n) is 9.37. The third-order valence-corrected chi connectivity index (χ3v) is 7.23. The van der Waals surface area contributed by atoms with Crippen molar-refractivity contribution >= 4 is 17.7 Å². The monoisotopic (exact) mass is 451 g/mol. The number of methoxy groups -OCH3 is 2. The van der Waals surface area contributed by atoms with Crippen LogP contribution in [0.5, 0.6) is 5.75 Å². The van der Waals surface area contributed by atoms with Gasteiger partial charge in [-0.15, -0.1) is 0 Å². The molecular weight excluding hydrogens is 414 g/mol. The van der Waals surface area contributed by atoms with Crippen LogP contribution in [0.25, 0.3) is 6.08 Å². The Hall–Kier alpha value is -2.44. The molecule has 0 atom stereocenters. The first kappa shape index (κ1) is 23.7. The second-order valence-corrected chi connectivity index (χ2v) is 9.37. The largest absolute Gasteiger partial charge is 0.497 e. The van der Waals surface area contributed by atoms with Crippen molar-refractivity contribution < 1.29 is 14.3 Å². The van der Waals surface area contributed by atoms with E-state index in [0.29, 0.717) is 11.7 Å². The van der Waals surface area contributed by atoms with Crippen molar-refractivity contribution in [2.45, 2.75) is 63.5 Å². The smallest absolute Gasteiger partial charge is 0.269 e. The van der Waals surface area contributed by atoms with Crippen LogP contribution in [0, 0.1) is 0 Å². The summed E-state index contributed by atoms with van der Waals surface area (Å²) >= 11 is 0. The first-order chi connectivity index (χ1) is 16.1. The van der Waals surface area contributed by atoms with Gasteiger partial charge in [0.15, 0.2) is 0 Å². The molecule has 0 radical (unpaired) electrons. The van der Waals surface area contributed by atoms with Crippen molar-refractivity contribution in [2.75, 3.05) is 34.4 Å². The van der Waals surface area contributed by atoms with Gasteiger partial charge in [-0.1, -0.05) is 12.1 Å². The summed E-state index contributed by atoms with van der Waals surface area (Å²) in [6, 6.07) is 7.06. The maximum Gasteiger partial charge on any atom is 0.269 e. The fourth-order valence-electron chi connectivity index (χ4n) is 5.13. The van der Waals surface area contributed by atoms with Gasteiger partial charge in [0.25, 0.3) is 5.91 Å². The molecule has 1 fully saturated rings. The number of hydrogen-bond donors (Lipinski definition) is 1. The number of fused-ring (bicyclic) bond motifs is 1. The molecule has 0 aromatic heterocycles. The molecule has 1 aromatic rings. The van der Waals surface area contributed by atoms with E-state index in [1.165, 1.54) is 16.7 Å². The number of likely N-dealkylation sites (N-methyl/N-ethyl adjacent to an activating group) is 1. The molecule has 33 heavy (non-hydrogen) atoms. The van der Waals surface area contributed by atoms with Crippen LogP contribution in [0.4, 0.5) is 0 Å². The number of hydrogen-bond acceptors (Lipinski definition) is 5. The molecule has 0 unspecified atom stereocenters. The van der Waals surface area contributed by atoms with Gasteiger partial charge in [0.2, 0.25) is 0 Å². The lowest BCUT2D eigenvalue weighted by Gasteiger charge is -2.35. The minimum Gasteiger partial charge on any atom is -0.497 e. The normalized spacial score (nSPS) is 22.7. The predicted molar refractivity (Wildman–Crippen MR) is 133 cm³/mol. The molecule has 1 aromatic carbocycles. The van der Waals surface area contributed by atoms with Crippen molar-refractivity contribution in [1.82, 2.24) is 10.2 Å². The number of carbonyl (C=O) groups excluding carboxylic acids is 1. The van der Waals surface area contributed by atoms with E-state index in [9.17, 15) is 4.79 Å². The van der Waals surface area contributed by atoms with Crippen LogP contribution < -0.4 is 10.1 Å². The van der Waals surface area contributed by atoms with Gasteiger partial charge in [0.1, 0.15) is 11.4 Å². The lowest BCUT2D eigenvalue weighted by Crippen LogP contribution is -2.43. The Morgan fingerprint density at radius 3 is 2.73 bits per heavy atom. The Bertz CT molecular complexity index is 942. The average molecular weight is 452 g/mol. The van der Waals surface area contributed by atoms with Crippen LogP contribution in [0.15, 0.2) is 40.5 Å². The Morgan fingerprint density at radius 1 is 1.15 bits per heavy atom. The van der Waals surface area contributed by atoms with Crippen LogP contribution in [-0.2, 0) is 16.0 Å². The number of nitrogens with one attached hydrogen (secondary N) is 1. The zero-order valence-corrected chi connectivity index (χ0v) is 20.2. The summed E-state index contributed by atoms with van der Waals surface area (Å²) in [4.78, 5) is 20.2. The molecule has 1 saturated carbocycles.